The number of hydrazine groups is 1. The Kier molecular flexibility index (Phi) is 4.77. The van der Waals surface area contributed by atoms with Crippen molar-refractivity contribution >= 4 is 15.9 Å². The predicted molar refractivity (Wildman–Crippen MR) is 83.1 cm³/mol. The number of allylic oxidation sites excluding steroid dienone is 1. The van der Waals surface area contributed by atoms with E-state index >= 15 is 0 Å². The van der Waals surface area contributed by atoms with Crippen LogP contribution in [-0.2, 0) is 14.9 Å². The Morgan fingerprint density at radius 3 is 2.46 bits per heavy atom. The summed E-state index contributed by atoms with van der Waals surface area (Å²) in [6, 6.07) is 0. The SMILES string of the molecule is CS(=O)(=O)N1CCN([N+]2=NOC(=N)C2=C([O-])C2CCCCC2)CC1. The molecule has 0 unspecified atom stereocenters. The molecule has 0 bridgehead atoms. The minimum atomic E-state index is -3.22. The van der Waals surface area contributed by atoms with Crippen molar-refractivity contribution in [3.63, 3.8) is 0 Å². The molecule has 0 aromatic heterocycles. The molecule has 9 nitrogen and oxygen atoms in total. The predicted octanol–water partition coefficient (Wildman–Crippen LogP) is 0.0180. The fourth-order valence-corrected chi connectivity index (χ4v) is 4.24. The minimum absolute atomic E-state index is 0.0780. The summed E-state index contributed by atoms with van der Waals surface area (Å²) in [5, 5.41) is 26.3. The van der Waals surface area contributed by atoms with E-state index in [0.717, 1.165) is 32.1 Å². The fraction of sp³-hybridized carbons (Fsp3) is 0.786. The standard InChI is InChI=1S/C14H23N5O4S/c1-24(21,22)18-9-7-17(8-10-18)19-12(14(15)23-16-19)13(20)11-5-3-2-4-6-11/h11H,2-10H2,1H3,(H-,15,16,20). The van der Waals surface area contributed by atoms with E-state index in [1.807, 2.05) is 0 Å². The summed E-state index contributed by atoms with van der Waals surface area (Å²) >= 11 is 0. The summed E-state index contributed by atoms with van der Waals surface area (Å²) in [5.41, 5.74) is 0.176. The van der Waals surface area contributed by atoms with Gasteiger partial charge in [0.2, 0.25) is 15.3 Å². The zero-order valence-corrected chi connectivity index (χ0v) is 14.6. The van der Waals surface area contributed by atoms with Crippen LogP contribution < -0.4 is 5.11 Å². The van der Waals surface area contributed by atoms with Crippen LogP contribution in [0, 0.1) is 11.3 Å². The van der Waals surface area contributed by atoms with E-state index in [-0.39, 0.29) is 23.3 Å². The molecular formula is C14H23N5O4S. The third kappa shape index (κ3) is 3.39. The summed E-state index contributed by atoms with van der Waals surface area (Å²) in [4.78, 5) is 6.30. The average Bonchev–Trinajstić information content (AvgIpc) is 2.96. The van der Waals surface area contributed by atoms with Gasteiger partial charge in [0, 0.05) is 13.1 Å². The number of sulfonamides is 1. The van der Waals surface area contributed by atoms with Crippen LogP contribution in [0.5, 0.6) is 0 Å². The first-order valence-electron chi connectivity index (χ1n) is 8.26. The van der Waals surface area contributed by atoms with Gasteiger partial charge in [-0.05, 0) is 24.5 Å². The second-order valence-corrected chi connectivity index (χ2v) is 8.44. The molecule has 24 heavy (non-hydrogen) atoms. The van der Waals surface area contributed by atoms with Crippen molar-refractivity contribution < 1.29 is 23.2 Å². The Labute approximate surface area is 141 Å². The molecule has 0 atom stereocenters. The maximum atomic E-state index is 12.8. The lowest BCUT2D eigenvalue weighted by Gasteiger charge is -2.30. The number of nitrogens with zero attached hydrogens (tertiary/aromatic N) is 4. The van der Waals surface area contributed by atoms with Crippen LogP contribution >= 0.6 is 0 Å². The Morgan fingerprint density at radius 2 is 1.88 bits per heavy atom. The second-order valence-electron chi connectivity index (χ2n) is 6.45. The van der Waals surface area contributed by atoms with Crippen molar-refractivity contribution in [3.8, 4) is 0 Å². The maximum Gasteiger partial charge on any atom is 0.324 e. The molecule has 3 rings (SSSR count). The quantitative estimate of drug-likeness (QED) is 0.565. The van der Waals surface area contributed by atoms with Crippen LogP contribution in [0.2, 0.25) is 0 Å². The average molecular weight is 357 g/mol. The third-order valence-electron chi connectivity index (χ3n) is 4.79. The first kappa shape index (κ1) is 17.2. The van der Waals surface area contributed by atoms with E-state index < -0.39 is 10.0 Å². The normalized spacial score (nSPS) is 26.3. The van der Waals surface area contributed by atoms with E-state index in [1.54, 1.807) is 5.01 Å². The van der Waals surface area contributed by atoms with Gasteiger partial charge in [-0.15, -0.1) is 0 Å². The van der Waals surface area contributed by atoms with Crippen molar-refractivity contribution in [2.75, 3.05) is 32.4 Å². The lowest BCUT2D eigenvalue weighted by molar-refractivity contribution is -0.710. The third-order valence-corrected chi connectivity index (χ3v) is 6.09. The molecule has 10 heteroatoms. The Balaban J connectivity index is 1.76. The molecule has 1 saturated carbocycles. The van der Waals surface area contributed by atoms with Crippen LogP contribution in [0.1, 0.15) is 32.1 Å². The van der Waals surface area contributed by atoms with E-state index in [2.05, 4.69) is 5.28 Å². The molecule has 0 amide bonds. The van der Waals surface area contributed by atoms with Gasteiger partial charge < -0.3 is 5.11 Å². The van der Waals surface area contributed by atoms with E-state index in [0.29, 0.717) is 26.2 Å². The fourth-order valence-electron chi connectivity index (χ4n) is 3.41. The Morgan fingerprint density at radius 1 is 1.25 bits per heavy atom. The smallest absolute Gasteiger partial charge is 0.324 e. The van der Waals surface area contributed by atoms with Crippen LogP contribution in [0.4, 0.5) is 0 Å². The van der Waals surface area contributed by atoms with Gasteiger partial charge in [0.15, 0.2) is 0 Å². The number of rotatable bonds is 3. The van der Waals surface area contributed by atoms with Gasteiger partial charge in [-0.2, -0.15) is 9.31 Å². The molecule has 3 aliphatic rings. The largest absolute Gasteiger partial charge is 0.871 e. The van der Waals surface area contributed by atoms with E-state index in [9.17, 15) is 13.5 Å². The molecule has 0 spiro atoms. The zero-order chi connectivity index (χ0) is 17.3. The highest BCUT2D eigenvalue weighted by molar-refractivity contribution is 7.88. The molecule has 2 aliphatic heterocycles. The van der Waals surface area contributed by atoms with Gasteiger partial charge in [-0.1, -0.05) is 19.3 Å². The van der Waals surface area contributed by atoms with Crippen molar-refractivity contribution in [1.29, 1.82) is 5.41 Å². The zero-order valence-electron chi connectivity index (χ0n) is 13.8. The van der Waals surface area contributed by atoms with Crippen LogP contribution in [0.3, 0.4) is 0 Å². The molecule has 1 N–H and O–H groups in total. The number of nitrogens with one attached hydrogen (secondary N) is 1. The molecule has 2 fully saturated rings. The van der Waals surface area contributed by atoms with Gasteiger partial charge >= 0.3 is 11.6 Å². The van der Waals surface area contributed by atoms with Gasteiger partial charge in [-0.25, -0.2) is 8.42 Å². The van der Waals surface area contributed by atoms with Crippen LogP contribution in [-0.4, -0.2) is 60.9 Å². The molecule has 2 heterocycles. The Bertz CT molecular complexity index is 673. The highest BCUT2D eigenvalue weighted by atomic mass is 32.2. The van der Waals surface area contributed by atoms with Gasteiger partial charge in [0.05, 0.1) is 24.2 Å². The van der Waals surface area contributed by atoms with Crippen LogP contribution in [0.15, 0.2) is 16.7 Å². The van der Waals surface area contributed by atoms with Gasteiger partial charge in [0.1, 0.15) is 0 Å². The van der Waals surface area contributed by atoms with E-state index in [1.165, 1.54) is 15.4 Å². The van der Waals surface area contributed by atoms with Crippen molar-refractivity contribution in [1.82, 2.24) is 9.31 Å². The highest BCUT2D eigenvalue weighted by Crippen LogP contribution is 2.30. The summed E-state index contributed by atoms with van der Waals surface area (Å²) in [5.74, 6) is -0.395. The summed E-state index contributed by atoms with van der Waals surface area (Å²) in [7, 11) is -3.22. The lowest BCUT2D eigenvalue weighted by atomic mass is 9.87. The molecule has 0 radical (unpaired) electrons. The number of piperazine rings is 1. The topological polar surface area (TPSA) is 112 Å². The Hall–Kier alpha value is -1.68. The maximum absolute atomic E-state index is 12.8. The molecule has 134 valence electrons. The monoisotopic (exact) mass is 357 g/mol. The van der Waals surface area contributed by atoms with Crippen LogP contribution in [0.25, 0.3) is 0 Å². The van der Waals surface area contributed by atoms with Crippen molar-refractivity contribution in [3.05, 3.63) is 11.5 Å². The number of hydrogen-bond acceptors (Lipinski definition) is 7. The van der Waals surface area contributed by atoms with Gasteiger partial charge in [-0.3, -0.25) is 10.2 Å². The summed E-state index contributed by atoms with van der Waals surface area (Å²) in [6.45, 7) is 1.44. The first-order valence-corrected chi connectivity index (χ1v) is 10.1. The molecular weight excluding hydrogens is 334 g/mol. The molecule has 0 aromatic carbocycles. The van der Waals surface area contributed by atoms with E-state index in [4.69, 9.17) is 10.2 Å². The van der Waals surface area contributed by atoms with Gasteiger partial charge in [0.25, 0.3) is 0 Å². The molecule has 0 aromatic rings. The summed E-state index contributed by atoms with van der Waals surface area (Å²) in [6.07, 6.45) is 6.07. The van der Waals surface area contributed by atoms with Crippen molar-refractivity contribution in [2.45, 2.75) is 32.1 Å². The van der Waals surface area contributed by atoms with Crippen molar-refractivity contribution in [2.24, 2.45) is 11.2 Å². The first-order chi connectivity index (χ1) is 11.4. The molecule has 1 aliphatic carbocycles. The summed E-state index contributed by atoms with van der Waals surface area (Å²) < 4.78 is 24.6. The lowest BCUT2D eigenvalue weighted by Crippen LogP contribution is -2.51. The number of hydrogen-bond donors (Lipinski definition) is 1. The molecule has 1 saturated heterocycles. The highest BCUT2D eigenvalue weighted by Gasteiger charge is 2.41. The second kappa shape index (κ2) is 6.67. The minimum Gasteiger partial charge on any atom is -0.871 e.